The lowest BCUT2D eigenvalue weighted by atomic mass is 9.73. The van der Waals surface area contributed by atoms with Gasteiger partial charge in [0.2, 0.25) is 11.9 Å². The number of ether oxygens (including phenoxy) is 1. The van der Waals surface area contributed by atoms with E-state index in [0.29, 0.717) is 41.6 Å². The van der Waals surface area contributed by atoms with E-state index in [-0.39, 0.29) is 11.8 Å². The summed E-state index contributed by atoms with van der Waals surface area (Å²) in [7, 11) is 5.30. The van der Waals surface area contributed by atoms with Crippen LogP contribution in [-0.2, 0) is 4.79 Å². The molecule has 0 atom stereocenters. The normalized spacial score (nSPS) is 22.3. The number of nitrogens with zero attached hydrogens (tertiary/aromatic N) is 5. The number of fused-ring (bicyclic) bond motifs is 1. The summed E-state index contributed by atoms with van der Waals surface area (Å²) in [6.45, 7) is 6.61. The molecule has 10 heteroatoms. The number of likely N-dealkylation sites (N-methyl/N-ethyl adjacent to an activating group) is 1. The fourth-order valence-corrected chi connectivity index (χ4v) is 7.07. The van der Waals surface area contributed by atoms with Gasteiger partial charge in [-0.05, 0) is 88.1 Å². The predicted molar refractivity (Wildman–Crippen MR) is 171 cm³/mol. The minimum Gasteiger partial charge on any atom is -0.495 e. The zero-order valence-electron chi connectivity index (χ0n) is 26.6. The molecule has 2 aromatic rings. The molecule has 2 amide bonds. The van der Waals surface area contributed by atoms with Crippen molar-refractivity contribution in [3.63, 3.8) is 0 Å². The van der Waals surface area contributed by atoms with E-state index in [1.807, 2.05) is 37.9 Å². The Balaban J connectivity index is 0.00000180. The Morgan fingerprint density at radius 2 is 1.84 bits per heavy atom. The molecular formula is C33H49N7O3. The molecule has 234 valence electrons. The first-order valence-electron chi connectivity index (χ1n) is 16.2. The number of amides is 2. The van der Waals surface area contributed by atoms with E-state index in [9.17, 15) is 9.59 Å². The van der Waals surface area contributed by atoms with Gasteiger partial charge in [0.25, 0.3) is 5.91 Å². The highest BCUT2D eigenvalue weighted by Crippen LogP contribution is 2.39. The monoisotopic (exact) mass is 591 g/mol. The number of hydrogen-bond acceptors (Lipinski definition) is 8. The van der Waals surface area contributed by atoms with Crippen LogP contribution in [0.5, 0.6) is 5.75 Å². The highest BCUT2D eigenvalue weighted by atomic mass is 16.5. The van der Waals surface area contributed by atoms with Crippen LogP contribution in [0.3, 0.4) is 0 Å². The number of aromatic nitrogens is 2. The average Bonchev–Trinajstić information content (AvgIpc) is 3.56. The van der Waals surface area contributed by atoms with Gasteiger partial charge in [-0.25, -0.2) is 4.98 Å². The van der Waals surface area contributed by atoms with Crippen molar-refractivity contribution in [3.05, 3.63) is 30.0 Å². The fraction of sp³-hybridized carbons (Fsp3) is 0.636. The number of benzene rings is 1. The van der Waals surface area contributed by atoms with Crippen molar-refractivity contribution < 1.29 is 14.3 Å². The fourth-order valence-electron chi connectivity index (χ4n) is 7.07. The van der Waals surface area contributed by atoms with Crippen LogP contribution in [0.1, 0.15) is 82.0 Å². The summed E-state index contributed by atoms with van der Waals surface area (Å²) in [5.74, 6) is 3.41. The standard InChI is InChI=1S/C31H43N7O3.C2H6/c1-36(24-15-21(16-24)14-20-10-12-32-13-11-20)30(40)22-8-9-25(27(17-22)41-3)34-31-33-18-26-29(35-31)38(19-28(39)37(26)2)23-6-4-5-7-23;1-2/h8-9,17-18,20-21,23-24,32H,4-7,10-16,19H2,1-3H3,(H,33,34,35);1-2H3. The Hall–Kier alpha value is -3.40. The van der Waals surface area contributed by atoms with Gasteiger partial charge >= 0.3 is 0 Å². The molecule has 6 rings (SSSR count). The molecule has 10 nitrogen and oxygen atoms in total. The topological polar surface area (TPSA) is 103 Å². The molecule has 3 fully saturated rings. The van der Waals surface area contributed by atoms with Gasteiger partial charge in [-0.15, -0.1) is 0 Å². The van der Waals surface area contributed by atoms with Crippen LogP contribution in [0.25, 0.3) is 0 Å². The smallest absolute Gasteiger partial charge is 0.253 e. The van der Waals surface area contributed by atoms with Crippen molar-refractivity contribution >= 4 is 35.0 Å². The minimum atomic E-state index is 0.0186. The highest BCUT2D eigenvalue weighted by Gasteiger charge is 2.36. The predicted octanol–water partition coefficient (Wildman–Crippen LogP) is 5.22. The molecular weight excluding hydrogens is 542 g/mol. The van der Waals surface area contributed by atoms with Crippen LogP contribution in [0, 0.1) is 11.8 Å². The molecule has 2 saturated carbocycles. The molecule has 1 aromatic heterocycles. The van der Waals surface area contributed by atoms with Gasteiger partial charge in [-0.3, -0.25) is 9.59 Å². The SMILES string of the molecule is CC.COc1cc(C(=O)N(C)C2CC(CC3CCNCC3)C2)ccc1Nc1ncc2c(n1)N(C1CCCC1)CC(=O)N2C. The maximum Gasteiger partial charge on any atom is 0.253 e. The molecule has 2 N–H and O–H groups in total. The van der Waals surface area contributed by atoms with Crippen molar-refractivity contribution in [1.82, 2.24) is 20.2 Å². The lowest BCUT2D eigenvalue weighted by molar-refractivity contribution is -0.117. The number of nitrogens with one attached hydrogen (secondary N) is 2. The number of anilines is 4. The van der Waals surface area contributed by atoms with Crippen molar-refractivity contribution in [3.8, 4) is 5.75 Å². The van der Waals surface area contributed by atoms with Gasteiger partial charge in [0.1, 0.15) is 11.4 Å². The van der Waals surface area contributed by atoms with E-state index in [0.717, 1.165) is 62.1 Å². The summed E-state index contributed by atoms with van der Waals surface area (Å²) in [5, 5.41) is 6.74. The molecule has 3 heterocycles. The first-order chi connectivity index (χ1) is 20.9. The molecule has 0 spiro atoms. The summed E-state index contributed by atoms with van der Waals surface area (Å²) in [6.07, 6.45) is 12.2. The zero-order chi connectivity index (χ0) is 30.5. The maximum absolute atomic E-state index is 13.4. The van der Waals surface area contributed by atoms with Crippen LogP contribution >= 0.6 is 0 Å². The number of hydrogen-bond donors (Lipinski definition) is 2. The molecule has 1 saturated heterocycles. The summed E-state index contributed by atoms with van der Waals surface area (Å²) < 4.78 is 5.68. The molecule has 43 heavy (non-hydrogen) atoms. The van der Waals surface area contributed by atoms with Crippen LogP contribution < -0.4 is 25.2 Å². The van der Waals surface area contributed by atoms with E-state index in [4.69, 9.17) is 9.72 Å². The molecule has 0 unspecified atom stereocenters. The van der Waals surface area contributed by atoms with E-state index >= 15 is 0 Å². The van der Waals surface area contributed by atoms with E-state index in [1.54, 1.807) is 31.3 Å². The highest BCUT2D eigenvalue weighted by molar-refractivity contribution is 6.02. The number of rotatable bonds is 8. The Kier molecular flexibility index (Phi) is 10.1. The van der Waals surface area contributed by atoms with Crippen LogP contribution in [-0.4, -0.2) is 79.6 Å². The number of piperidine rings is 1. The number of carbonyl (C=O) groups excluding carboxylic acids is 2. The van der Waals surface area contributed by atoms with Crippen molar-refractivity contribution in [1.29, 1.82) is 0 Å². The second kappa shape index (κ2) is 13.9. The third kappa shape index (κ3) is 6.74. The zero-order valence-corrected chi connectivity index (χ0v) is 26.6. The van der Waals surface area contributed by atoms with Gasteiger partial charge < -0.3 is 30.1 Å². The number of methoxy groups -OCH3 is 1. The van der Waals surface area contributed by atoms with Gasteiger partial charge in [0.05, 0.1) is 25.5 Å². The summed E-state index contributed by atoms with van der Waals surface area (Å²) in [6, 6.07) is 6.11. The Morgan fingerprint density at radius 3 is 2.53 bits per heavy atom. The lowest BCUT2D eigenvalue weighted by Crippen LogP contribution is -2.48. The molecule has 0 radical (unpaired) electrons. The van der Waals surface area contributed by atoms with Crippen LogP contribution in [0.2, 0.25) is 0 Å². The first-order valence-corrected chi connectivity index (χ1v) is 16.2. The molecule has 2 aliphatic carbocycles. The van der Waals surface area contributed by atoms with E-state index in [1.165, 1.54) is 32.1 Å². The third-order valence-electron chi connectivity index (χ3n) is 9.73. The molecule has 1 aromatic carbocycles. The minimum absolute atomic E-state index is 0.0186. The van der Waals surface area contributed by atoms with Crippen molar-refractivity contribution in [2.75, 3.05) is 56.0 Å². The van der Waals surface area contributed by atoms with Gasteiger partial charge in [0, 0.05) is 31.7 Å². The van der Waals surface area contributed by atoms with Gasteiger partial charge in [-0.1, -0.05) is 26.7 Å². The van der Waals surface area contributed by atoms with Crippen LogP contribution in [0.4, 0.5) is 23.1 Å². The quantitative estimate of drug-likeness (QED) is 0.431. The largest absolute Gasteiger partial charge is 0.495 e. The maximum atomic E-state index is 13.4. The van der Waals surface area contributed by atoms with E-state index in [2.05, 4.69) is 20.5 Å². The third-order valence-corrected chi connectivity index (χ3v) is 9.73. The summed E-state index contributed by atoms with van der Waals surface area (Å²) in [5.41, 5.74) is 2.02. The Bertz CT molecular complexity index is 1270. The molecule has 2 aliphatic heterocycles. The average molecular weight is 592 g/mol. The molecule has 0 bridgehead atoms. The van der Waals surface area contributed by atoms with Crippen molar-refractivity contribution in [2.45, 2.75) is 83.7 Å². The summed E-state index contributed by atoms with van der Waals surface area (Å²) >= 11 is 0. The molecule has 4 aliphatic rings. The van der Waals surface area contributed by atoms with Gasteiger partial charge in [-0.2, -0.15) is 4.98 Å². The Labute approximate surface area is 256 Å². The number of carbonyl (C=O) groups is 2. The van der Waals surface area contributed by atoms with E-state index < -0.39 is 0 Å². The Morgan fingerprint density at radius 1 is 1.12 bits per heavy atom. The second-order valence-corrected chi connectivity index (χ2v) is 12.3. The van der Waals surface area contributed by atoms with Gasteiger partial charge in [0.15, 0.2) is 5.82 Å². The van der Waals surface area contributed by atoms with Crippen molar-refractivity contribution in [2.24, 2.45) is 11.8 Å². The summed E-state index contributed by atoms with van der Waals surface area (Å²) in [4.78, 5) is 41.1. The van der Waals surface area contributed by atoms with Crippen LogP contribution in [0.15, 0.2) is 24.4 Å². The second-order valence-electron chi connectivity index (χ2n) is 12.3. The lowest BCUT2D eigenvalue weighted by Gasteiger charge is -2.43. The first kappa shape index (κ1) is 31.0.